The fourth-order valence-electron chi connectivity index (χ4n) is 4.62. The highest BCUT2D eigenvalue weighted by molar-refractivity contribution is 5.79. The summed E-state index contributed by atoms with van der Waals surface area (Å²) >= 11 is 0. The maximum Gasteiger partial charge on any atom is 0.191 e. The first-order valence-corrected chi connectivity index (χ1v) is 11.3. The van der Waals surface area contributed by atoms with E-state index in [1.807, 2.05) is 0 Å². The highest BCUT2D eigenvalue weighted by atomic mass is 15.3. The fraction of sp³-hybridized carbons (Fsp3) is 0.696. The molecular formula is C23H39N5. The monoisotopic (exact) mass is 385 g/mol. The van der Waals surface area contributed by atoms with E-state index >= 15 is 0 Å². The Labute approximate surface area is 171 Å². The number of guanidine groups is 1. The SMILES string of the molecule is CCNC(=NCC1(c2ccccc2)CCCC1)NCCN1CCN(CC)CC1. The summed E-state index contributed by atoms with van der Waals surface area (Å²) < 4.78 is 0. The van der Waals surface area contributed by atoms with Crippen LogP contribution in [0, 0.1) is 0 Å². The molecule has 28 heavy (non-hydrogen) atoms. The number of rotatable bonds is 8. The summed E-state index contributed by atoms with van der Waals surface area (Å²) in [5, 5.41) is 7.01. The van der Waals surface area contributed by atoms with Crippen LogP contribution in [-0.4, -0.2) is 74.7 Å². The minimum atomic E-state index is 0.222. The van der Waals surface area contributed by atoms with Gasteiger partial charge in [0.1, 0.15) is 0 Å². The molecule has 1 aromatic rings. The van der Waals surface area contributed by atoms with Gasteiger partial charge in [0.25, 0.3) is 0 Å². The maximum absolute atomic E-state index is 5.02. The van der Waals surface area contributed by atoms with Crippen molar-refractivity contribution in [1.82, 2.24) is 20.4 Å². The van der Waals surface area contributed by atoms with Crippen LogP contribution in [0.1, 0.15) is 45.1 Å². The molecular weight excluding hydrogens is 346 g/mol. The Morgan fingerprint density at radius 2 is 1.64 bits per heavy atom. The van der Waals surface area contributed by atoms with E-state index in [9.17, 15) is 0 Å². The number of hydrogen-bond acceptors (Lipinski definition) is 3. The quantitative estimate of drug-likeness (QED) is 0.533. The molecule has 1 saturated heterocycles. The Balaban J connectivity index is 1.53. The molecule has 0 radical (unpaired) electrons. The highest BCUT2D eigenvalue weighted by Gasteiger charge is 2.35. The van der Waals surface area contributed by atoms with Crippen molar-refractivity contribution in [3.05, 3.63) is 35.9 Å². The van der Waals surface area contributed by atoms with Crippen molar-refractivity contribution >= 4 is 5.96 Å². The van der Waals surface area contributed by atoms with Gasteiger partial charge in [0.15, 0.2) is 5.96 Å². The van der Waals surface area contributed by atoms with Crippen LogP contribution >= 0.6 is 0 Å². The van der Waals surface area contributed by atoms with Crippen LogP contribution in [0.3, 0.4) is 0 Å². The predicted octanol–water partition coefficient (Wildman–Crippen LogP) is 2.69. The van der Waals surface area contributed by atoms with E-state index in [2.05, 4.69) is 64.6 Å². The summed E-state index contributed by atoms with van der Waals surface area (Å²) in [6.45, 7) is 14.2. The molecule has 2 fully saturated rings. The third-order valence-electron chi connectivity index (χ3n) is 6.46. The molecule has 1 heterocycles. The Bertz CT molecular complexity index is 586. The van der Waals surface area contributed by atoms with Gasteiger partial charge in [0, 0.05) is 51.2 Å². The van der Waals surface area contributed by atoms with E-state index in [1.54, 1.807) is 0 Å². The Hall–Kier alpha value is -1.59. The van der Waals surface area contributed by atoms with E-state index in [0.717, 1.165) is 32.1 Å². The van der Waals surface area contributed by atoms with Crippen molar-refractivity contribution in [2.75, 3.05) is 58.9 Å². The smallest absolute Gasteiger partial charge is 0.191 e. The van der Waals surface area contributed by atoms with Crippen LogP contribution in [0.25, 0.3) is 0 Å². The zero-order valence-electron chi connectivity index (χ0n) is 17.9. The summed E-state index contributed by atoms with van der Waals surface area (Å²) in [6.07, 6.45) is 5.14. The molecule has 2 N–H and O–H groups in total. The largest absolute Gasteiger partial charge is 0.357 e. The van der Waals surface area contributed by atoms with Crippen molar-refractivity contribution in [3.63, 3.8) is 0 Å². The van der Waals surface area contributed by atoms with Gasteiger partial charge in [-0.15, -0.1) is 0 Å². The average Bonchev–Trinajstić information content (AvgIpc) is 3.23. The number of benzene rings is 1. The number of piperazine rings is 1. The molecule has 0 unspecified atom stereocenters. The van der Waals surface area contributed by atoms with Gasteiger partial charge in [-0.2, -0.15) is 0 Å². The zero-order valence-corrected chi connectivity index (χ0v) is 17.9. The van der Waals surface area contributed by atoms with Crippen molar-refractivity contribution in [2.24, 2.45) is 4.99 Å². The van der Waals surface area contributed by atoms with Crippen LogP contribution in [0.15, 0.2) is 35.3 Å². The van der Waals surface area contributed by atoms with E-state index in [4.69, 9.17) is 4.99 Å². The summed E-state index contributed by atoms with van der Waals surface area (Å²) in [4.78, 5) is 10.1. The van der Waals surface area contributed by atoms with Crippen molar-refractivity contribution in [3.8, 4) is 0 Å². The van der Waals surface area contributed by atoms with E-state index in [1.165, 1.54) is 64.0 Å². The third-order valence-corrected chi connectivity index (χ3v) is 6.46. The van der Waals surface area contributed by atoms with Gasteiger partial charge in [0.2, 0.25) is 0 Å². The third kappa shape index (κ3) is 5.71. The molecule has 156 valence electrons. The van der Waals surface area contributed by atoms with Crippen molar-refractivity contribution in [1.29, 1.82) is 0 Å². The average molecular weight is 386 g/mol. The number of nitrogens with zero attached hydrogens (tertiary/aromatic N) is 3. The second kappa shape index (κ2) is 10.8. The summed E-state index contributed by atoms with van der Waals surface area (Å²) in [5.41, 5.74) is 1.68. The first-order valence-electron chi connectivity index (χ1n) is 11.3. The maximum atomic E-state index is 5.02. The van der Waals surface area contributed by atoms with Crippen LogP contribution in [0.2, 0.25) is 0 Å². The molecule has 1 aliphatic carbocycles. The van der Waals surface area contributed by atoms with Gasteiger partial charge in [-0.1, -0.05) is 50.1 Å². The molecule has 5 heteroatoms. The number of nitrogens with one attached hydrogen (secondary N) is 2. The van der Waals surface area contributed by atoms with Crippen molar-refractivity contribution < 1.29 is 0 Å². The van der Waals surface area contributed by atoms with Crippen LogP contribution in [-0.2, 0) is 5.41 Å². The molecule has 1 saturated carbocycles. The van der Waals surface area contributed by atoms with Crippen LogP contribution in [0.5, 0.6) is 0 Å². The molecule has 5 nitrogen and oxygen atoms in total. The molecule has 1 aromatic carbocycles. The topological polar surface area (TPSA) is 42.9 Å². The second-order valence-electron chi connectivity index (χ2n) is 8.25. The number of likely N-dealkylation sites (N-methyl/N-ethyl adjacent to an activating group) is 1. The molecule has 0 amide bonds. The van der Waals surface area contributed by atoms with E-state index in [-0.39, 0.29) is 5.41 Å². The van der Waals surface area contributed by atoms with Gasteiger partial charge in [0.05, 0.1) is 6.54 Å². The van der Waals surface area contributed by atoms with Gasteiger partial charge >= 0.3 is 0 Å². The predicted molar refractivity (Wildman–Crippen MR) is 119 cm³/mol. The summed E-state index contributed by atoms with van der Waals surface area (Å²) in [7, 11) is 0. The lowest BCUT2D eigenvalue weighted by molar-refractivity contribution is 0.139. The highest BCUT2D eigenvalue weighted by Crippen LogP contribution is 2.41. The summed E-state index contributed by atoms with van der Waals surface area (Å²) in [6, 6.07) is 11.0. The molecule has 1 aliphatic heterocycles. The minimum Gasteiger partial charge on any atom is -0.357 e. The van der Waals surface area contributed by atoms with Crippen LogP contribution < -0.4 is 10.6 Å². The molecule has 3 rings (SSSR count). The van der Waals surface area contributed by atoms with Gasteiger partial charge in [-0.25, -0.2) is 0 Å². The molecule has 2 aliphatic rings. The van der Waals surface area contributed by atoms with Gasteiger partial charge < -0.3 is 15.5 Å². The Kier molecular flexibility index (Phi) is 8.16. The second-order valence-corrected chi connectivity index (χ2v) is 8.25. The van der Waals surface area contributed by atoms with Gasteiger partial charge in [-0.3, -0.25) is 9.89 Å². The van der Waals surface area contributed by atoms with Gasteiger partial charge in [-0.05, 0) is 31.9 Å². The Morgan fingerprint density at radius 3 is 2.29 bits per heavy atom. The zero-order chi connectivity index (χ0) is 19.7. The van der Waals surface area contributed by atoms with E-state index < -0.39 is 0 Å². The summed E-state index contributed by atoms with van der Waals surface area (Å²) in [5.74, 6) is 0.969. The lowest BCUT2D eigenvalue weighted by Gasteiger charge is -2.34. The number of aliphatic imine (C=N–C) groups is 1. The first kappa shape index (κ1) is 21.1. The normalized spacial score (nSPS) is 21.0. The minimum absolute atomic E-state index is 0.222. The lowest BCUT2D eigenvalue weighted by atomic mass is 9.79. The van der Waals surface area contributed by atoms with E-state index in [0.29, 0.717) is 0 Å². The standard InChI is InChI=1S/C23H39N5/c1-3-24-22(25-14-15-28-18-16-27(4-2)17-19-28)26-20-23(12-8-9-13-23)21-10-6-5-7-11-21/h5-7,10-11H,3-4,8-9,12-20H2,1-2H3,(H2,24,25,26). The lowest BCUT2D eigenvalue weighted by Crippen LogP contribution is -2.49. The molecule has 0 aromatic heterocycles. The molecule has 0 bridgehead atoms. The first-order chi connectivity index (χ1) is 13.8. The molecule has 0 atom stereocenters. The number of hydrogen-bond donors (Lipinski definition) is 2. The Morgan fingerprint density at radius 1 is 0.964 bits per heavy atom. The van der Waals surface area contributed by atoms with Crippen LogP contribution in [0.4, 0.5) is 0 Å². The molecule has 0 spiro atoms. The fourth-order valence-corrected chi connectivity index (χ4v) is 4.62. The van der Waals surface area contributed by atoms with Crippen molar-refractivity contribution in [2.45, 2.75) is 44.9 Å².